The molecule has 0 spiro atoms. The number of hydrogen-bond donors (Lipinski definition) is 2. The van der Waals surface area contributed by atoms with Gasteiger partial charge in [0, 0.05) is 36.5 Å². The molecule has 1 fully saturated rings. The smallest absolute Gasteiger partial charge is 0.304 e. The molecular weight excluding hydrogens is 428 g/mol. The number of aryl methyl sites for hydroxylation is 1. The van der Waals surface area contributed by atoms with Gasteiger partial charge in [0.2, 0.25) is 12.3 Å². The second-order valence-electron chi connectivity index (χ2n) is 8.53. The lowest BCUT2D eigenvalue weighted by atomic mass is 9.99. The van der Waals surface area contributed by atoms with Crippen molar-refractivity contribution >= 4 is 23.7 Å². The second-order valence-corrected chi connectivity index (χ2v) is 8.53. The third kappa shape index (κ3) is 4.93. The molecule has 7 heteroatoms. The quantitative estimate of drug-likeness (QED) is 0.558. The summed E-state index contributed by atoms with van der Waals surface area (Å²) >= 11 is 0. The molecule has 7 nitrogen and oxygen atoms in total. The standard InChI is InChI=1S/C27H28N4O3/c1-18-5-9-21(10-6-18)26(32)28-24-25(20-11-15-23(34-4)16-12-20)31(29-27(24)33)17-19-7-13-22(14-8-19)30(2)3/h5-17,24-25H,1-4H3,(H-,28,29,32,33)/p+1/t24-,25+/m1/s1. The number of nitrogens with one attached hydrogen (secondary N) is 2. The fraction of sp³-hybridized carbons (Fsp3) is 0.222. The van der Waals surface area contributed by atoms with Crippen LogP contribution in [0.15, 0.2) is 72.8 Å². The molecule has 0 radical (unpaired) electrons. The van der Waals surface area contributed by atoms with Crippen molar-refractivity contribution < 1.29 is 19.0 Å². The summed E-state index contributed by atoms with van der Waals surface area (Å²) < 4.78 is 7.05. The highest BCUT2D eigenvalue weighted by Crippen LogP contribution is 2.27. The molecule has 4 rings (SSSR count). The zero-order valence-corrected chi connectivity index (χ0v) is 19.8. The molecule has 0 saturated carbocycles. The van der Waals surface area contributed by atoms with E-state index in [2.05, 4.69) is 10.7 Å². The van der Waals surface area contributed by atoms with Crippen LogP contribution < -0.4 is 20.4 Å². The van der Waals surface area contributed by atoms with Gasteiger partial charge < -0.3 is 15.0 Å². The van der Waals surface area contributed by atoms with Crippen LogP contribution in [0.3, 0.4) is 0 Å². The molecule has 0 bridgehead atoms. The summed E-state index contributed by atoms with van der Waals surface area (Å²) in [7, 11) is 5.58. The highest BCUT2D eigenvalue weighted by Gasteiger charge is 2.47. The number of hydrogen-bond acceptors (Lipinski definition) is 4. The van der Waals surface area contributed by atoms with Crippen LogP contribution in [-0.2, 0) is 4.79 Å². The van der Waals surface area contributed by atoms with Gasteiger partial charge in [-0.1, -0.05) is 17.7 Å². The van der Waals surface area contributed by atoms with E-state index in [1.807, 2.05) is 92.8 Å². The molecule has 2 atom stereocenters. The molecule has 0 aromatic heterocycles. The van der Waals surface area contributed by atoms with Gasteiger partial charge in [-0.25, -0.2) is 0 Å². The molecule has 2 amide bonds. The number of hydrazone groups is 1. The summed E-state index contributed by atoms with van der Waals surface area (Å²) in [5, 5.41) is 2.93. The number of carbonyl (C=O) groups excluding carboxylic acids is 2. The highest BCUT2D eigenvalue weighted by molar-refractivity contribution is 5.98. The van der Waals surface area contributed by atoms with Gasteiger partial charge in [-0.05, 0) is 67.6 Å². The first-order valence-electron chi connectivity index (χ1n) is 11.1. The second kappa shape index (κ2) is 9.79. The summed E-state index contributed by atoms with van der Waals surface area (Å²) in [5.41, 5.74) is 7.36. The molecule has 3 aromatic carbocycles. The van der Waals surface area contributed by atoms with Gasteiger partial charge in [-0.15, -0.1) is 10.1 Å². The SMILES string of the molecule is COc1ccc([C@H]2[C@@H](NC(=O)c3ccc(C)cc3)C(=O)N/[N+]2=C\c2ccc(N(C)C)cc2)cc1. The molecule has 1 aliphatic rings. The van der Waals surface area contributed by atoms with Crippen molar-refractivity contribution in [2.24, 2.45) is 0 Å². The molecule has 0 unspecified atom stereocenters. The van der Waals surface area contributed by atoms with E-state index < -0.39 is 12.1 Å². The van der Waals surface area contributed by atoms with Crippen LogP contribution in [0.5, 0.6) is 5.75 Å². The van der Waals surface area contributed by atoms with Crippen LogP contribution in [0.4, 0.5) is 5.69 Å². The molecule has 0 aliphatic carbocycles. The number of amides is 2. The number of nitrogens with zero attached hydrogens (tertiary/aromatic N) is 2. The number of carbonyl (C=O) groups is 2. The lowest BCUT2D eigenvalue weighted by molar-refractivity contribution is -0.596. The lowest BCUT2D eigenvalue weighted by Gasteiger charge is -2.15. The lowest BCUT2D eigenvalue weighted by Crippen LogP contribution is -2.42. The Morgan fingerprint density at radius 2 is 1.65 bits per heavy atom. The number of benzene rings is 3. The van der Waals surface area contributed by atoms with Crippen LogP contribution in [-0.4, -0.2) is 50.0 Å². The molecule has 174 valence electrons. The van der Waals surface area contributed by atoms with E-state index in [0.29, 0.717) is 5.56 Å². The Balaban J connectivity index is 1.68. The summed E-state index contributed by atoms with van der Waals surface area (Å²) in [5.74, 6) is 0.148. The summed E-state index contributed by atoms with van der Waals surface area (Å²) in [6.07, 6.45) is 1.88. The Hall–Kier alpha value is -4.13. The zero-order valence-electron chi connectivity index (χ0n) is 19.8. The molecule has 3 aromatic rings. The Morgan fingerprint density at radius 1 is 1.00 bits per heavy atom. The molecule has 2 N–H and O–H groups in total. The van der Waals surface area contributed by atoms with Crippen LogP contribution in [0.2, 0.25) is 0 Å². The van der Waals surface area contributed by atoms with Crippen molar-refractivity contribution in [3.63, 3.8) is 0 Å². The van der Waals surface area contributed by atoms with Crippen LogP contribution >= 0.6 is 0 Å². The number of methoxy groups -OCH3 is 1. The number of rotatable bonds is 6. The topological polar surface area (TPSA) is 73.7 Å². The van der Waals surface area contributed by atoms with E-state index in [-0.39, 0.29) is 11.8 Å². The number of ether oxygens (including phenoxy) is 1. The zero-order chi connectivity index (χ0) is 24.2. The average Bonchev–Trinajstić information content (AvgIpc) is 3.14. The number of anilines is 1. The van der Waals surface area contributed by atoms with Crippen molar-refractivity contribution in [3.8, 4) is 5.75 Å². The average molecular weight is 458 g/mol. The molecule has 1 aliphatic heterocycles. The predicted molar refractivity (Wildman–Crippen MR) is 133 cm³/mol. The van der Waals surface area contributed by atoms with E-state index in [0.717, 1.165) is 28.1 Å². The first kappa shape index (κ1) is 23.0. The van der Waals surface area contributed by atoms with E-state index in [4.69, 9.17) is 4.74 Å². The summed E-state index contributed by atoms with van der Waals surface area (Å²) in [6.45, 7) is 1.96. The first-order chi connectivity index (χ1) is 16.4. The minimum atomic E-state index is -0.778. The molecule has 1 saturated heterocycles. The number of hydrazine groups is 1. The predicted octanol–water partition coefficient (Wildman–Crippen LogP) is 3.09. The molecular formula is C27H29N4O3+. The fourth-order valence-corrected chi connectivity index (χ4v) is 3.93. The summed E-state index contributed by atoms with van der Waals surface area (Å²) in [4.78, 5) is 28.0. The third-order valence-corrected chi connectivity index (χ3v) is 5.89. The first-order valence-corrected chi connectivity index (χ1v) is 11.1. The van der Waals surface area contributed by atoms with Crippen molar-refractivity contribution in [1.29, 1.82) is 0 Å². The Morgan fingerprint density at radius 3 is 2.24 bits per heavy atom. The van der Waals surface area contributed by atoms with Gasteiger partial charge in [0.1, 0.15) is 5.75 Å². The van der Waals surface area contributed by atoms with Gasteiger partial charge in [0.15, 0.2) is 6.04 Å². The van der Waals surface area contributed by atoms with Crippen molar-refractivity contribution in [1.82, 2.24) is 10.7 Å². The third-order valence-electron chi connectivity index (χ3n) is 5.89. The van der Waals surface area contributed by atoms with E-state index in [1.54, 1.807) is 23.9 Å². The largest absolute Gasteiger partial charge is 0.497 e. The Kier molecular flexibility index (Phi) is 6.63. The van der Waals surface area contributed by atoms with Crippen LogP contribution in [0.1, 0.15) is 33.1 Å². The van der Waals surface area contributed by atoms with Crippen molar-refractivity contribution in [2.75, 3.05) is 26.1 Å². The Bertz CT molecular complexity index is 1200. The van der Waals surface area contributed by atoms with Crippen molar-refractivity contribution in [2.45, 2.75) is 19.0 Å². The monoisotopic (exact) mass is 457 g/mol. The normalized spacial score (nSPS) is 18.5. The van der Waals surface area contributed by atoms with Gasteiger partial charge in [0.25, 0.3) is 5.91 Å². The van der Waals surface area contributed by atoms with Gasteiger partial charge >= 0.3 is 5.91 Å². The van der Waals surface area contributed by atoms with E-state index in [1.165, 1.54) is 0 Å². The van der Waals surface area contributed by atoms with Gasteiger partial charge in [0.05, 0.1) is 7.11 Å². The van der Waals surface area contributed by atoms with Crippen molar-refractivity contribution in [3.05, 3.63) is 95.1 Å². The van der Waals surface area contributed by atoms with Crippen LogP contribution in [0, 0.1) is 6.92 Å². The summed E-state index contributed by atoms with van der Waals surface area (Å²) in [6, 6.07) is 21.6. The van der Waals surface area contributed by atoms with E-state index in [9.17, 15) is 9.59 Å². The fourth-order valence-electron chi connectivity index (χ4n) is 3.93. The van der Waals surface area contributed by atoms with E-state index >= 15 is 0 Å². The minimum absolute atomic E-state index is 0.276. The van der Waals surface area contributed by atoms with Crippen LogP contribution in [0.25, 0.3) is 0 Å². The maximum Gasteiger partial charge on any atom is 0.304 e. The highest BCUT2D eigenvalue weighted by atomic mass is 16.5. The maximum absolute atomic E-state index is 13.0. The maximum atomic E-state index is 13.0. The Labute approximate surface area is 199 Å². The van der Waals surface area contributed by atoms with Gasteiger partial charge in [-0.2, -0.15) is 0 Å². The molecule has 1 heterocycles. The molecule has 34 heavy (non-hydrogen) atoms. The van der Waals surface area contributed by atoms with Gasteiger partial charge in [-0.3, -0.25) is 9.59 Å². The minimum Gasteiger partial charge on any atom is -0.497 e.